The molecule has 10 rings (SSSR count). The van der Waals surface area contributed by atoms with Gasteiger partial charge in [-0.3, -0.25) is 9.35 Å². The van der Waals surface area contributed by atoms with Gasteiger partial charge in [0.25, 0.3) is 0 Å². The van der Waals surface area contributed by atoms with E-state index in [1.807, 2.05) is 34.6 Å². The highest BCUT2D eigenvalue weighted by molar-refractivity contribution is 7.80. The van der Waals surface area contributed by atoms with Gasteiger partial charge in [-0.2, -0.15) is 8.42 Å². The number of ether oxygens (including phenoxy) is 11. The van der Waals surface area contributed by atoms with Gasteiger partial charge in [0.15, 0.2) is 30.8 Å². The van der Waals surface area contributed by atoms with Crippen LogP contribution in [0.15, 0.2) is 11.6 Å². The first kappa shape index (κ1) is 62.3. The van der Waals surface area contributed by atoms with Gasteiger partial charge in [0.2, 0.25) is 0 Å². The molecule has 6 aliphatic heterocycles. The number of aliphatic hydroxyl groups excluding tert-OH is 10. The Balaban J connectivity index is 0.852. The van der Waals surface area contributed by atoms with Crippen LogP contribution in [0, 0.1) is 33.5 Å². The summed E-state index contributed by atoms with van der Waals surface area (Å²) in [6.45, 7) is 11.0. The summed E-state index contributed by atoms with van der Waals surface area (Å²) in [5.41, 5.74) is -6.54. The Morgan fingerprint density at radius 1 is 0.654 bits per heavy atom. The van der Waals surface area contributed by atoms with E-state index in [0.29, 0.717) is 44.9 Å². The zero-order valence-corrected chi connectivity index (χ0v) is 47.6. The van der Waals surface area contributed by atoms with Crippen LogP contribution in [0.3, 0.4) is 0 Å². The quantitative estimate of drug-likeness (QED) is 0.0366. The standard InChI is InChI=1S/C53H84O27S/c1-47(2)13-11-31(78-47)51(7)52(65)16-15-50(6)22-9-10-28-48(3,4)30(12-14-49(28,5)23(22)17-29(57)53(50,52)46(64)79-51)74-45-41(33(59)27(21-71-45)80-81(66,67)68)77-43-35(61)34(60)39(26(19-55)73-43)76-42-36(62)38(24(56)20-70-42)75-44-37(63)40(69-8)32(58)25(18-54)72-44/h17,22,24-45,54-63,65H,9-16,18-21H2,1-8H3,(H,66,67,68)/t22-,24-,25-,26-,27-,28+,29+,30+,31-,32-,33+,34-,35-,36-,37-,38+,39-,40+,41-,42+,43+,44+,45+,49-,50+,51+,52+,53-/m1/s1. The number of aliphatic hydroxyl groups is 11. The first-order chi connectivity index (χ1) is 37.8. The average Bonchev–Trinajstić information content (AvgIpc) is 1.85. The fourth-order valence-electron chi connectivity index (χ4n) is 16.7. The van der Waals surface area contributed by atoms with E-state index in [4.69, 9.17) is 56.3 Å². The van der Waals surface area contributed by atoms with E-state index in [0.717, 1.165) is 5.57 Å². The van der Waals surface area contributed by atoms with E-state index in [9.17, 15) is 73.9 Å². The molecule has 9 fully saturated rings. The Morgan fingerprint density at radius 2 is 1.28 bits per heavy atom. The summed E-state index contributed by atoms with van der Waals surface area (Å²) in [4.78, 5) is 14.7. The smallest absolute Gasteiger partial charge is 0.397 e. The Bertz CT molecular complexity index is 2450. The Morgan fingerprint density at radius 3 is 1.93 bits per heavy atom. The van der Waals surface area contributed by atoms with Crippen molar-refractivity contribution in [3.63, 3.8) is 0 Å². The van der Waals surface area contributed by atoms with Crippen LogP contribution in [-0.4, -0.2) is 254 Å². The second-order valence-electron chi connectivity index (χ2n) is 26.1. The van der Waals surface area contributed by atoms with Crippen LogP contribution >= 0.6 is 0 Å². The lowest BCUT2D eigenvalue weighted by Crippen LogP contribution is -2.69. The van der Waals surface area contributed by atoms with Crippen LogP contribution in [0.1, 0.15) is 99.8 Å². The number of cyclic esters (lactones) is 1. The summed E-state index contributed by atoms with van der Waals surface area (Å²) in [6.07, 6.45) is -27.9. The van der Waals surface area contributed by atoms with Crippen LogP contribution in [-0.2, 0) is 71.5 Å². The summed E-state index contributed by atoms with van der Waals surface area (Å²) in [7, 11) is -4.02. The number of rotatable bonds is 14. The lowest BCUT2D eigenvalue weighted by atomic mass is 9.40. The minimum atomic E-state index is -5.21. The predicted molar refractivity (Wildman–Crippen MR) is 269 cm³/mol. The van der Waals surface area contributed by atoms with Gasteiger partial charge < -0.3 is 108 Å². The molecule has 6 saturated heterocycles. The first-order valence-corrected chi connectivity index (χ1v) is 29.5. The number of carbonyl (C=O) groups is 1. The highest BCUT2D eigenvalue weighted by Gasteiger charge is 2.87. The van der Waals surface area contributed by atoms with Crippen LogP contribution in [0.2, 0.25) is 0 Å². The largest absolute Gasteiger partial charge is 0.453 e. The van der Waals surface area contributed by atoms with Crippen LogP contribution in [0.25, 0.3) is 0 Å². The van der Waals surface area contributed by atoms with Crippen molar-refractivity contribution in [2.45, 2.75) is 246 Å². The summed E-state index contributed by atoms with van der Waals surface area (Å²) < 4.78 is 104. The van der Waals surface area contributed by atoms with Crippen molar-refractivity contribution in [2.75, 3.05) is 33.5 Å². The van der Waals surface area contributed by atoms with Crippen molar-refractivity contribution < 1.29 is 130 Å². The number of allylic oxidation sites excluding steroid dienone is 1. The van der Waals surface area contributed by atoms with Crippen LogP contribution in [0.4, 0.5) is 0 Å². The number of methoxy groups -OCH3 is 1. The second kappa shape index (κ2) is 21.8. The molecule has 0 amide bonds. The van der Waals surface area contributed by atoms with E-state index in [1.165, 1.54) is 7.11 Å². The predicted octanol–water partition coefficient (Wildman–Crippen LogP) is -2.65. The van der Waals surface area contributed by atoms with Gasteiger partial charge in [0.05, 0.1) is 44.2 Å². The zero-order valence-electron chi connectivity index (χ0n) is 46.7. The van der Waals surface area contributed by atoms with Gasteiger partial charge in [0.1, 0.15) is 103 Å². The van der Waals surface area contributed by atoms with Crippen molar-refractivity contribution in [2.24, 2.45) is 33.5 Å². The molecule has 0 aromatic rings. The fourth-order valence-corrected chi connectivity index (χ4v) is 17.2. The summed E-state index contributed by atoms with van der Waals surface area (Å²) in [5.74, 6) is -0.995. The van der Waals surface area contributed by atoms with E-state index in [2.05, 4.69) is 6.92 Å². The monoisotopic (exact) mass is 1180 g/mol. The fraction of sp³-hybridized carbons (Fsp3) is 0.943. The first-order valence-electron chi connectivity index (χ1n) is 28.2. The average molecular weight is 1190 g/mol. The third-order valence-electron chi connectivity index (χ3n) is 21.0. The van der Waals surface area contributed by atoms with Crippen molar-refractivity contribution in [1.29, 1.82) is 0 Å². The van der Waals surface area contributed by atoms with Crippen LogP contribution in [0.5, 0.6) is 0 Å². The van der Waals surface area contributed by atoms with E-state index in [-0.39, 0.29) is 18.3 Å². The minimum Gasteiger partial charge on any atom is -0.453 e. The van der Waals surface area contributed by atoms with E-state index < -0.39 is 210 Å². The molecule has 6 heterocycles. The van der Waals surface area contributed by atoms with Gasteiger partial charge in [-0.25, -0.2) is 4.18 Å². The summed E-state index contributed by atoms with van der Waals surface area (Å²) >= 11 is 0. The van der Waals surface area contributed by atoms with Crippen molar-refractivity contribution in [3.8, 4) is 0 Å². The topological polar surface area (TPSA) is 405 Å². The van der Waals surface area contributed by atoms with Gasteiger partial charge in [-0.05, 0) is 100 Å². The molecule has 10 aliphatic rings. The Kier molecular flexibility index (Phi) is 16.8. The van der Waals surface area contributed by atoms with Gasteiger partial charge in [0, 0.05) is 7.11 Å². The normalized spacial score (nSPS) is 53.2. The molecule has 28 heteroatoms. The van der Waals surface area contributed by atoms with Gasteiger partial charge in [-0.15, -0.1) is 0 Å². The highest BCUT2D eigenvalue weighted by Crippen LogP contribution is 2.77. The van der Waals surface area contributed by atoms with Crippen LogP contribution < -0.4 is 0 Å². The molecule has 12 N–H and O–H groups in total. The maximum Gasteiger partial charge on any atom is 0.397 e. The summed E-state index contributed by atoms with van der Waals surface area (Å²) in [5, 5.41) is 125. The van der Waals surface area contributed by atoms with Crippen molar-refractivity contribution >= 4 is 16.4 Å². The number of esters is 1. The zero-order chi connectivity index (χ0) is 59.1. The molecular formula is C53H84O27S. The minimum absolute atomic E-state index is 0.143. The molecule has 28 atom stereocenters. The lowest BCUT2D eigenvalue weighted by Gasteiger charge is -2.64. The van der Waals surface area contributed by atoms with Crippen molar-refractivity contribution in [1.82, 2.24) is 0 Å². The third kappa shape index (κ3) is 9.73. The molecule has 0 unspecified atom stereocenters. The molecule has 0 bridgehead atoms. The lowest BCUT2D eigenvalue weighted by molar-refractivity contribution is -0.385. The molecule has 3 saturated carbocycles. The van der Waals surface area contributed by atoms with Crippen molar-refractivity contribution in [3.05, 3.63) is 11.6 Å². The molecule has 0 aromatic carbocycles. The second-order valence-corrected chi connectivity index (χ2v) is 27.1. The molecule has 1 spiro atoms. The van der Waals surface area contributed by atoms with Gasteiger partial charge in [-0.1, -0.05) is 39.3 Å². The van der Waals surface area contributed by atoms with Gasteiger partial charge >= 0.3 is 16.4 Å². The molecular weight excluding hydrogens is 1100 g/mol. The Labute approximate surface area is 469 Å². The Hall–Kier alpha value is -1.76. The molecule has 27 nitrogen and oxygen atoms in total. The summed E-state index contributed by atoms with van der Waals surface area (Å²) in [6, 6.07) is 0. The number of carbonyl (C=O) groups excluding carboxylic acids is 1. The molecule has 464 valence electrons. The molecule has 4 aliphatic carbocycles. The molecule has 0 aromatic heterocycles. The maximum atomic E-state index is 14.7. The van der Waals surface area contributed by atoms with E-state index in [1.54, 1.807) is 13.0 Å². The molecule has 0 radical (unpaired) electrons. The SMILES string of the molecule is CO[C@@H]1[C@@H](O)[C@H](O[C@@H]2[C@@H](O)[C@H](O[C@H]3[C@H](O)[C@@H](O)[C@H](O[C@H]4[C@H](O[C@H]5CC[C@]6(C)C7=C[C@H](O)[C@]89C(=O)O[C@@](C)([C@H]%10CCC(C)(C)O%10)[C@@]8(O)CC[C@@]9(C)[C@@H]7CC[C@H]6C5(C)C)OC[C@@H](OS(=O)(=O)O)[C@@H]4O)O[C@@H]3CO)OC[C@H]2O)O[C@H](CO)[C@H]1O. The number of fused-ring (bicyclic) bond motifs is 4. The third-order valence-corrected chi connectivity index (χ3v) is 21.5. The van der Waals surface area contributed by atoms with E-state index >= 15 is 0 Å². The molecule has 81 heavy (non-hydrogen) atoms. The maximum absolute atomic E-state index is 14.7. The number of hydrogen-bond acceptors (Lipinski definition) is 26. The number of hydrogen-bond donors (Lipinski definition) is 12. The highest BCUT2D eigenvalue weighted by atomic mass is 32.3.